The van der Waals surface area contributed by atoms with Crippen LogP contribution in [0.15, 0.2) is 29.2 Å². The zero-order valence-corrected chi connectivity index (χ0v) is 12.0. The number of hydrogen-bond donors (Lipinski definition) is 3. The fourth-order valence-corrected chi connectivity index (χ4v) is 2.35. The van der Waals surface area contributed by atoms with Gasteiger partial charge in [-0.3, -0.25) is 9.59 Å². The van der Waals surface area contributed by atoms with Gasteiger partial charge >= 0.3 is 5.97 Å². The molecule has 0 saturated carbocycles. The molecule has 0 aromatic heterocycles. The van der Waals surface area contributed by atoms with Crippen LogP contribution in [0.3, 0.4) is 0 Å². The van der Waals surface area contributed by atoms with Crippen LogP contribution in [0.5, 0.6) is 0 Å². The molecule has 0 heterocycles. The van der Waals surface area contributed by atoms with Gasteiger partial charge < -0.3 is 15.7 Å². The molecule has 6 nitrogen and oxygen atoms in total. The Morgan fingerprint density at radius 1 is 1.15 bits per heavy atom. The third-order valence-corrected chi connectivity index (χ3v) is 3.37. The van der Waals surface area contributed by atoms with E-state index in [-0.39, 0.29) is 17.6 Å². The van der Waals surface area contributed by atoms with E-state index in [1.807, 2.05) is 0 Å². The van der Waals surface area contributed by atoms with Crippen LogP contribution in [0.4, 0.5) is 5.69 Å². The number of carbonyl (C=O) groups excluding carboxylic acids is 2. The maximum absolute atomic E-state index is 11.0. The zero-order chi connectivity index (χ0) is 15.1. The number of aliphatic carboxylic acids is 1. The third-order valence-electron chi connectivity index (χ3n) is 2.27. The Bertz CT molecular complexity index is 502. The third kappa shape index (κ3) is 5.75. The Balaban J connectivity index is 2.57. The first-order valence-electron chi connectivity index (χ1n) is 5.89. The Hall–Kier alpha value is -2.02. The molecular weight excluding hydrogens is 280 g/mol. The summed E-state index contributed by atoms with van der Waals surface area (Å²) in [7, 11) is 0. The molecule has 1 atom stereocenters. The first-order chi connectivity index (χ1) is 9.38. The topological polar surface area (TPSA) is 95.5 Å². The molecule has 0 aliphatic heterocycles. The molecule has 0 spiro atoms. The van der Waals surface area contributed by atoms with E-state index in [1.165, 1.54) is 25.6 Å². The highest BCUT2D eigenvalue weighted by Crippen LogP contribution is 2.21. The molecule has 0 bridgehead atoms. The fourth-order valence-electron chi connectivity index (χ4n) is 1.44. The summed E-state index contributed by atoms with van der Waals surface area (Å²) in [6, 6.07) is 6.11. The van der Waals surface area contributed by atoms with Crippen molar-refractivity contribution in [2.45, 2.75) is 24.8 Å². The molecule has 0 radical (unpaired) electrons. The van der Waals surface area contributed by atoms with Crippen LogP contribution in [0.25, 0.3) is 0 Å². The number of amides is 2. The number of hydrogen-bond acceptors (Lipinski definition) is 4. The van der Waals surface area contributed by atoms with E-state index >= 15 is 0 Å². The van der Waals surface area contributed by atoms with Crippen LogP contribution >= 0.6 is 11.8 Å². The zero-order valence-electron chi connectivity index (χ0n) is 11.2. The second-order valence-electron chi connectivity index (χ2n) is 4.11. The van der Waals surface area contributed by atoms with Gasteiger partial charge in [-0.05, 0) is 24.3 Å². The Morgan fingerprint density at radius 3 is 2.20 bits per heavy atom. The van der Waals surface area contributed by atoms with Gasteiger partial charge in [-0.1, -0.05) is 0 Å². The van der Waals surface area contributed by atoms with Crippen molar-refractivity contribution in [2.75, 3.05) is 11.1 Å². The Morgan fingerprint density at radius 2 is 1.75 bits per heavy atom. The molecule has 2 amide bonds. The van der Waals surface area contributed by atoms with Crippen LogP contribution < -0.4 is 10.6 Å². The lowest BCUT2D eigenvalue weighted by Crippen LogP contribution is -2.41. The van der Waals surface area contributed by atoms with Crippen molar-refractivity contribution < 1.29 is 19.5 Å². The highest BCUT2D eigenvalue weighted by molar-refractivity contribution is 7.99. The molecule has 108 valence electrons. The fraction of sp³-hybridized carbons (Fsp3) is 0.308. The predicted molar refractivity (Wildman–Crippen MR) is 76.7 cm³/mol. The van der Waals surface area contributed by atoms with E-state index in [1.54, 1.807) is 24.3 Å². The SMILES string of the molecule is CC(=O)Nc1ccc(SCC(NC(C)=O)C(=O)O)cc1. The summed E-state index contributed by atoms with van der Waals surface area (Å²) >= 11 is 1.32. The molecule has 0 saturated heterocycles. The number of carboxylic acid groups (broad SMARTS) is 1. The molecule has 0 fully saturated rings. The van der Waals surface area contributed by atoms with Crippen molar-refractivity contribution in [3.05, 3.63) is 24.3 Å². The van der Waals surface area contributed by atoms with Gasteiger partial charge in [0.1, 0.15) is 6.04 Å². The van der Waals surface area contributed by atoms with Gasteiger partial charge in [0.05, 0.1) is 0 Å². The lowest BCUT2D eigenvalue weighted by atomic mass is 10.3. The van der Waals surface area contributed by atoms with Crippen molar-refractivity contribution in [1.29, 1.82) is 0 Å². The maximum Gasteiger partial charge on any atom is 0.327 e. The van der Waals surface area contributed by atoms with Gasteiger partial charge in [0, 0.05) is 30.2 Å². The van der Waals surface area contributed by atoms with Crippen LogP contribution in [0.2, 0.25) is 0 Å². The predicted octanol–water partition coefficient (Wildman–Crippen LogP) is 1.33. The molecule has 3 N–H and O–H groups in total. The van der Waals surface area contributed by atoms with Gasteiger partial charge in [0.15, 0.2) is 0 Å². The van der Waals surface area contributed by atoms with Gasteiger partial charge in [-0.25, -0.2) is 4.79 Å². The first kappa shape index (κ1) is 16.0. The smallest absolute Gasteiger partial charge is 0.327 e. The minimum Gasteiger partial charge on any atom is -0.480 e. The molecule has 1 rings (SSSR count). The number of thioether (sulfide) groups is 1. The number of anilines is 1. The lowest BCUT2D eigenvalue weighted by Gasteiger charge is -2.12. The summed E-state index contributed by atoms with van der Waals surface area (Å²) in [5, 5.41) is 14.0. The van der Waals surface area contributed by atoms with Crippen LogP contribution in [-0.4, -0.2) is 34.7 Å². The van der Waals surface area contributed by atoms with Crippen molar-refractivity contribution in [3.63, 3.8) is 0 Å². The summed E-state index contributed by atoms with van der Waals surface area (Å²) in [5.41, 5.74) is 0.679. The van der Waals surface area contributed by atoms with Crippen molar-refractivity contribution in [1.82, 2.24) is 5.32 Å². The van der Waals surface area contributed by atoms with Crippen molar-refractivity contribution in [3.8, 4) is 0 Å². The van der Waals surface area contributed by atoms with E-state index in [4.69, 9.17) is 5.11 Å². The van der Waals surface area contributed by atoms with Gasteiger partial charge in [-0.2, -0.15) is 0 Å². The molecule has 1 aromatic carbocycles. The summed E-state index contributed by atoms with van der Waals surface area (Å²) in [6.07, 6.45) is 0. The minimum absolute atomic E-state index is 0.151. The van der Waals surface area contributed by atoms with E-state index in [0.717, 1.165) is 4.90 Å². The minimum atomic E-state index is -1.07. The number of rotatable bonds is 6. The molecule has 7 heteroatoms. The summed E-state index contributed by atoms with van der Waals surface area (Å²) in [6.45, 7) is 2.70. The lowest BCUT2D eigenvalue weighted by molar-refractivity contribution is -0.140. The first-order valence-corrected chi connectivity index (χ1v) is 6.87. The van der Waals surface area contributed by atoms with Crippen LogP contribution in [0, 0.1) is 0 Å². The summed E-state index contributed by atoms with van der Waals surface area (Å²) < 4.78 is 0. The summed E-state index contributed by atoms with van der Waals surface area (Å²) in [4.78, 5) is 33.6. The molecule has 0 aliphatic rings. The van der Waals surface area contributed by atoms with Crippen LogP contribution in [0.1, 0.15) is 13.8 Å². The monoisotopic (exact) mass is 296 g/mol. The standard InChI is InChI=1S/C13H16N2O4S/c1-8(16)14-10-3-5-11(6-4-10)20-7-12(13(18)19)15-9(2)17/h3-6,12H,7H2,1-2H3,(H,14,16)(H,15,17)(H,18,19). The number of benzene rings is 1. The van der Waals surface area contributed by atoms with Crippen molar-refractivity contribution >= 4 is 35.2 Å². The van der Waals surface area contributed by atoms with Gasteiger partial charge in [-0.15, -0.1) is 11.8 Å². The molecule has 1 unspecified atom stereocenters. The second kappa shape index (κ2) is 7.54. The molecule has 0 aliphatic carbocycles. The quantitative estimate of drug-likeness (QED) is 0.688. The van der Waals surface area contributed by atoms with Gasteiger partial charge in [0.25, 0.3) is 0 Å². The van der Waals surface area contributed by atoms with E-state index in [9.17, 15) is 14.4 Å². The average molecular weight is 296 g/mol. The summed E-state index contributed by atoms with van der Waals surface area (Å²) in [5.74, 6) is -1.36. The molecule has 1 aromatic rings. The van der Waals surface area contributed by atoms with E-state index in [2.05, 4.69) is 10.6 Å². The van der Waals surface area contributed by atoms with Crippen LogP contribution in [-0.2, 0) is 14.4 Å². The molecular formula is C13H16N2O4S. The van der Waals surface area contributed by atoms with E-state index in [0.29, 0.717) is 5.69 Å². The van der Waals surface area contributed by atoms with E-state index < -0.39 is 12.0 Å². The number of carboxylic acids is 1. The Kier molecular flexibility index (Phi) is 6.05. The normalized spacial score (nSPS) is 11.5. The Labute approximate surface area is 120 Å². The number of carbonyl (C=O) groups is 3. The average Bonchev–Trinajstić information content (AvgIpc) is 2.34. The van der Waals surface area contributed by atoms with Gasteiger partial charge in [0.2, 0.25) is 11.8 Å². The highest BCUT2D eigenvalue weighted by Gasteiger charge is 2.18. The maximum atomic E-state index is 11.0. The number of nitrogens with one attached hydrogen (secondary N) is 2. The largest absolute Gasteiger partial charge is 0.480 e. The molecule has 20 heavy (non-hydrogen) atoms. The second-order valence-corrected chi connectivity index (χ2v) is 5.20. The highest BCUT2D eigenvalue weighted by atomic mass is 32.2. The van der Waals surface area contributed by atoms with Crippen molar-refractivity contribution in [2.24, 2.45) is 0 Å².